The maximum atomic E-state index is 10.8. The first-order chi connectivity index (χ1) is 6.54. The lowest BCUT2D eigenvalue weighted by Crippen LogP contribution is -2.33. The fourth-order valence-electron chi connectivity index (χ4n) is 1.25. The summed E-state index contributed by atoms with van der Waals surface area (Å²) in [5, 5.41) is 0. The van der Waals surface area contributed by atoms with Gasteiger partial charge in [-0.25, -0.2) is 4.79 Å². The van der Waals surface area contributed by atoms with Gasteiger partial charge in [0.05, 0.1) is 7.11 Å². The van der Waals surface area contributed by atoms with Gasteiger partial charge < -0.3 is 18.9 Å². The molecular weight excluding hydrogens is 188 g/mol. The van der Waals surface area contributed by atoms with Gasteiger partial charge in [0.1, 0.15) is 12.2 Å². The Kier molecular flexibility index (Phi) is 3.22. The lowest BCUT2D eigenvalue weighted by molar-refractivity contribution is -0.0424. The fraction of sp³-hybridized carbons (Fsp3) is 0.667. The molecule has 1 aliphatic heterocycles. The van der Waals surface area contributed by atoms with Crippen LogP contribution < -0.4 is 0 Å². The van der Waals surface area contributed by atoms with Crippen LogP contribution in [0.5, 0.6) is 0 Å². The molecule has 0 spiro atoms. The Hall–Kier alpha value is -1.39. The fourth-order valence-corrected chi connectivity index (χ4v) is 1.25. The summed E-state index contributed by atoms with van der Waals surface area (Å²) < 4.78 is 19.7. The first-order valence-electron chi connectivity index (χ1n) is 4.31. The molecule has 0 aliphatic carbocycles. The van der Waals surface area contributed by atoms with Crippen molar-refractivity contribution < 1.29 is 23.7 Å². The van der Waals surface area contributed by atoms with Gasteiger partial charge in [-0.15, -0.1) is 0 Å². The summed E-state index contributed by atoms with van der Waals surface area (Å²) in [4.78, 5) is 10.8. The molecule has 3 unspecified atom stereocenters. The minimum Gasteiger partial charge on any atom is -0.469 e. The van der Waals surface area contributed by atoms with Crippen LogP contribution in [-0.2, 0) is 18.9 Å². The van der Waals surface area contributed by atoms with Gasteiger partial charge in [0.15, 0.2) is 6.10 Å². The Morgan fingerprint density at radius 3 is 2.64 bits per heavy atom. The van der Waals surface area contributed by atoms with Gasteiger partial charge >= 0.3 is 6.16 Å². The number of methoxy groups -OCH3 is 1. The summed E-state index contributed by atoms with van der Waals surface area (Å²) in [6.45, 7) is 7.00. The molecule has 0 aromatic carbocycles. The highest BCUT2D eigenvalue weighted by Gasteiger charge is 2.38. The molecule has 0 N–H and O–H groups in total. The number of hydrogen-bond donors (Lipinski definition) is 0. The Morgan fingerprint density at radius 2 is 2.21 bits per heavy atom. The maximum Gasteiger partial charge on any atom is 0.509 e. The van der Waals surface area contributed by atoms with Gasteiger partial charge in [0.25, 0.3) is 5.95 Å². The number of hydrogen-bond acceptors (Lipinski definition) is 5. The molecule has 5 nitrogen and oxygen atoms in total. The molecule has 1 fully saturated rings. The zero-order valence-corrected chi connectivity index (χ0v) is 8.48. The Morgan fingerprint density at radius 1 is 1.57 bits per heavy atom. The van der Waals surface area contributed by atoms with Crippen molar-refractivity contribution in [3.05, 3.63) is 12.5 Å². The molecular formula is C9H14O5. The van der Waals surface area contributed by atoms with Crippen molar-refractivity contribution in [1.82, 2.24) is 0 Å². The summed E-state index contributed by atoms with van der Waals surface area (Å²) in [6, 6.07) is 0. The second kappa shape index (κ2) is 4.21. The monoisotopic (exact) mass is 202 g/mol. The lowest BCUT2D eigenvalue weighted by atomic mass is 10.1. The van der Waals surface area contributed by atoms with Crippen molar-refractivity contribution in [2.24, 2.45) is 0 Å². The molecule has 1 rings (SSSR count). The Bertz CT molecular complexity index is 237. The van der Waals surface area contributed by atoms with E-state index in [9.17, 15) is 4.79 Å². The van der Waals surface area contributed by atoms with Crippen LogP contribution in [-0.4, -0.2) is 31.6 Å². The quantitative estimate of drug-likeness (QED) is 0.510. The van der Waals surface area contributed by atoms with Crippen LogP contribution in [0.15, 0.2) is 12.5 Å². The van der Waals surface area contributed by atoms with Gasteiger partial charge in [-0.2, -0.15) is 0 Å². The zero-order valence-electron chi connectivity index (χ0n) is 8.48. The third kappa shape index (κ3) is 2.31. The van der Waals surface area contributed by atoms with E-state index < -0.39 is 12.3 Å². The van der Waals surface area contributed by atoms with Crippen LogP contribution in [0.25, 0.3) is 0 Å². The largest absolute Gasteiger partial charge is 0.509 e. The number of ether oxygens (including phenoxy) is 4. The summed E-state index contributed by atoms with van der Waals surface area (Å²) in [7, 11) is 1.45. The van der Waals surface area contributed by atoms with Crippen LogP contribution in [0.3, 0.4) is 0 Å². The smallest absolute Gasteiger partial charge is 0.469 e. The van der Waals surface area contributed by atoms with Crippen LogP contribution in [0.4, 0.5) is 4.79 Å². The minimum absolute atomic E-state index is 0.188. The van der Waals surface area contributed by atoms with E-state index in [2.05, 4.69) is 6.58 Å². The standard InChI is InChI=1S/C9H14O5/c1-5(12-7(3)11-4)8-6(2)13-9(10)14-8/h5-6,8H,3H2,1-2,4H3. The summed E-state index contributed by atoms with van der Waals surface area (Å²) in [5.41, 5.74) is 0. The van der Waals surface area contributed by atoms with Gasteiger partial charge in [-0.1, -0.05) is 0 Å². The highest BCUT2D eigenvalue weighted by Crippen LogP contribution is 2.20. The van der Waals surface area contributed by atoms with Crippen molar-refractivity contribution in [2.75, 3.05) is 7.11 Å². The minimum atomic E-state index is -0.666. The first kappa shape index (κ1) is 10.7. The highest BCUT2D eigenvalue weighted by molar-refractivity contribution is 5.62. The predicted octanol–water partition coefficient (Wildman–Crippen LogP) is 1.43. The average Bonchev–Trinajstić information content (AvgIpc) is 2.45. The van der Waals surface area contributed by atoms with Gasteiger partial charge in [0.2, 0.25) is 0 Å². The molecule has 14 heavy (non-hydrogen) atoms. The van der Waals surface area contributed by atoms with Gasteiger partial charge in [-0.3, -0.25) is 0 Å². The van der Waals surface area contributed by atoms with Crippen molar-refractivity contribution in [1.29, 1.82) is 0 Å². The van der Waals surface area contributed by atoms with E-state index >= 15 is 0 Å². The molecule has 80 valence electrons. The van der Waals surface area contributed by atoms with E-state index in [4.69, 9.17) is 18.9 Å². The Labute approximate surface area is 82.6 Å². The van der Waals surface area contributed by atoms with Crippen molar-refractivity contribution in [3.8, 4) is 0 Å². The van der Waals surface area contributed by atoms with E-state index in [0.29, 0.717) is 0 Å². The molecule has 0 radical (unpaired) electrons. The normalized spacial score (nSPS) is 27.5. The van der Waals surface area contributed by atoms with Crippen LogP contribution in [0, 0.1) is 0 Å². The summed E-state index contributed by atoms with van der Waals surface area (Å²) >= 11 is 0. The molecule has 3 atom stereocenters. The van der Waals surface area contributed by atoms with Gasteiger partial charge in [-0.05, 0) is 20.4 Å². The topological polar surface area (TPSA) is 54.0 Å². The molecule has 5 heteroatoms. The lowest BCUT2D eigenvalue weighted by Gasteiger charge is -2.20. The third-order valence-corrected chi connectivity index (χ3v) is 1.98. The van der Waals surface area contributed by atoms with E-state index in [1.54, 1.807) is 13.8 Å². The first-order valence-corrected chi connectivity index (χ1v) is 4.31. The van der Waals surface area contributed by atoms with Crippen LogP contribution in [0.1, 0.15) is 13.8 Å². The molecule has 1 aliphatic rings. The molecule has 1 heterocycles. The maximum absolute atomic E-state index is 10.8. The number of cyclic esters (lactones) is 2. The number of rotatable bonds is 4. The SMILES string of the molecule is C=C(OC)OC(C)C1OC(=O)OC1C. The third-order valence-electron chi connectivity index (χ3n) is 1.98. The van der Waals surface area contributed by atoms with Crippen molar-refractivity contribution in [2.45, 2.75) is 32.2 Å². The molecule has 0 saturated carbocycles. The summed E-state index contributed by atoms with van der Waals surface area (Å²) in [6.07, 6.45) is -1.75. The van der Waals surface area contributed by atoms with Crippen LogP contribution in [0.2, 0.25) is 0 Å². The van der Waals surface area contributed by atoms with E-state index in [0.717, 1.165) is 0 Å². The molecule has 1 saturated heterocycles. The molecule has 0 bridgehead atoms. The van der Waals surface area contributed by atoms with Gasteiger partial charge in [0, 0.05) is 0 Å². The number of carbonyl (C=O) groups excluding carboxylic acids is 1. The molecule has 0 aromatic rings. The van der Waals surface area contributed by atoms with E-state index in [1.807, 2.05) is 0 Å². The second-order valence-electron chi connectivity index (χ2n) is 3.05. The summed E-state index contributed by atoms with van der Waals surface area (Å²) in [5.74, 6) is 0.188. The number of carbonyl (C=O) groups is 1. The molecule has 0 amide bonds. The van der Waals surface area contributed by atoms with Crippen LogP contribution >= 0.6 is 0 Å². The predicted molar refractivity (Wildman–Crippen MR) is 47.5 cm³/mol. The highest BCUT2D eigenvalue weighted by atomic mass is 16.8. The second-order valence-corrected chi connectivity index (χ2v) is 3.05. The van der Waals surface area contributed by atoms with Crippen molar-refractivity contribution in [3.63, 3.8) is 0 Å². The Balaban J connectivity index is 2.48. The van der Waals surface area contributed by atoms with Crippen molar-refractivity contribution >= 4 is 6.16 Å². The van der Waals surface area contributed by atoms with E-state index in [1.165, 1.54) is 7.11 Å². The molecule has 0 aromatic heterocycles. The zero-order chi connectivity index (χ0) is 10.7. The van der Waals surface area contributed by atoms with E-state index in [-0.39, 0.29) is 18.2 Å². The average molecular weight is 202 g/mol.